The SMILES string of the molecule is Cc1cc(C)n(-c2ncc(CNC(C)(C)C)cc2Cl)n1. The Labute approximate surface area is 125 Å². The van der Waals surface area contributed by atoms with Crippen molar-refractivity contribution in [3.05, 3.63) is 40.3 Å². The van der Waals surface area contributed by atoms with Crippen LogP contribution < -0.4 is 5.32 Å². The topological polar surface area (TPSA) is 42.7 Å². The summed E-state index contributed by atoms with van der Waals surface area (Å²) in [4.78, 5) is 4.45. The van der Waals surface area contributed by atoms with Crippen molar-refractivity contribution in [3.8, 4) is 5.82 Å². The number of pyridine rings is 1. The third kappa shape index (κ3) is 3.58. The standard InChI is InChI=1S/C15H21ClN4/c1-10-6-11(2)20(19-10)14-13(16)7-12(8-17-14)9-18-15(3,4)5/h6-8,18H,9H2,1-5H3. The summed E-state index contributed by atoms with van der Waals surface area (Å²) < 4.78 is 1.78. The molecule has 0 aliphatic rings. The minimum absolute atomic E-state index is 0.0703. The fourth-order valence-electron chi connectivity index (χ4n) is 1.93. The Balaban J connectivity index is 2.24. The molecule has 1 N–H and O–H groups in total. The highest BCUT2D eigenvalue weighted by molar-refractivity contribution is 6.32. The third-order valence-electron chi connectivity index (χ3n) is 2.91. The number of rotatable bonds is 3. The van der Waals surface area contributed by atoms with Gasteiger partial charge in [0, 0.05) is 24.0 Å². The molecule has 5 heteroatoms. The molecular weight excluding hydrogens is 272 g/mol. The van der Waals surface area contributed by atoms with Gasteiger partial charge >= 0.3 is 0 Å². The van der Waals surface area contributed by atoms with E-state index in [4.69, 9.17) is 11.6 Å². The van der Waals surface area contributed by atoms with Gasteiger partial charge in [0.1, 0.15) is 0 Å². The van der Waals surface area contributed by atoms with E-state index in [1.54, 1.807) is 4.68 Å². The fourth-order valence-corrected chi connectivity index (χ4v) is 2.20. The highest BCUT2D eigenvalue weighted by Crippen LogP contribution is 2.21. The van der Waals surface area contributed by atoms with Crippen molar-refractivity contribution in [2.24, 2.45) is 0 Å². The summed E-state index contributed by atoms with van der Waals surface area (Å²) in [6.07, 6.45) is 1.84. The van der Waals surface area contributed by atoms with Crippen LogP contribution in [-0.4, -0.2) is 20.3 Å². The van der Waals surface area contributed by atoms with Gasteiger partial charge in [0.05, 0.1) is 10.7 Å². The van der Waals surface area contributed by atoms with Gasteiger partial charge in [-0.05, 0) is 52.3 Å². The second-order valence-corrected chi connectivity index (χ2v) is 6.50. The van der Waals surface area contributed by atoms with Gasteiger partial charge in [-0.3, -0.25) is 0 Å². The first-order valence-corrected chi connectivity index (χ1v) is 7.07. The van der Waals surface area contributed by atoms with Gasteiger partial charge < -0.3 is 5.32 Å². The lowest BCUT2D eigenvalue weighted by molar-refractivity contribution is 0.424. The Morgan fingerprint density at radius 1 is 1.25 bits per heavy atom. The highest BCUT2D eigenvalue weighted by atomic mass is 35.5. The molecule has 0 atom stereocenters. The molecule has 0 bridgehead atoms. The second kappa shape index (κ2) is 5.54. The molecule has 2 aromatic rings. The average Bonchev–Trinajstić information content (AvgIpc) is 2.65. The van der Waals surface area contributed by atoms with Crippen LogP contribution in [0.25, 0.3) is 5.82 Å². The highest BCUT2D eigenvalue weighted by Gasteiger charge is 2.12. The van der Waals surface area contributed by atoms with Gasteiger partial charge in [-0.1, -0.05) is 11.6 Å². The van der Waals surface area contributed by atoms with Crippen LogP contribution in [0.3, 0.4) is 0 Å². The summed E-state index contributed by atoms with van der Waals surface area (Å²) >= 11 is 6.34. The van der Waals surface area contributed by atoms with E-state index in [9.17, 15) is 0 Å². The van der Waals surface area contributed by atoms with Gasteiger partial charge in [-0.2, -0.15) is 5.10 Å². The van der Waals surface area contributed by atoms with Crippen molar-refractivity contribution in [1.29, 1.82) is 0 Å². The lowest BCUT2D eigenvalue weighted by Gasteiger charge is -2.20. The van der Waals surface area contributed by atoms with E-state index in [1.165, 1.54) is 0 Å². The first kappa shape index (κ1) is 15.0. The van der Waals surface area contributed by atoms with Crippen LogP contribution in [-0.2, 0) is 6.54 Å². The molecule has 20 heavy (non-hydrogen) atoms. The van der Waals surface area contributed by atoms with E-state index in [1.807, 2.05) is 32.2 Å². The predicted molar refractivity (Wildman–Crippen MR) is 82.4 cm³/mol. The van der Waals surface area contributed by atoms with Gasteiger partial charge in [-0.15, -0.1) is 0 Å². The molecule has 0 fully saturated rings. The first-order chi connectivity index (χ1) is 9.26. The summed E-state index contributed by atoms with van der Waals surface area (Å²) in [5.41, 5.74) is 3.12. The molecule has 0 spiro atoms. The minimum atomic E-state index is 0.0703. The van der Waals surface area contributed by atoms with Crippen molar-refractivity contribution in [2.75, 3.05) is 0 Å². The van der Waals surface area contributed by atoms with E-state index >= 15 is 0 Å². The largest absolute Gasteiger partial charge is 0.308 e. The zero-order chi connectivity index (χ0) is 14.9. The molecule has 0 amide bonds. The molecule has 0 aliphatic heterocycles. The number of aryl methyl sites for hydroxylation is 2. The Bertz CT molecular complexity index is 611. The quantitative estimate of drug-likeness (QED) is 0.942. The lowest BCUT2D eigenvalue weighted by Crippen LogP contribution is -2.35. The van der Waals surface area contributed by atoms with E-state index in [0.717, 1.165) is 23.5 Å². The Kier molecular flexibility index (Phi) is 4.16. The summed E-state index contributed by atoms with van der Waals surface area (Å²) in [6, 6.07) is 3.95. The van der Waals surface area contributed by atoms with Gasteiger partial charge in [-0.25, -0.2) is 9.67 Å². The van der Waals surface area contributed by atoms with Crippen molar-refractivity contribution in [3.63, 3.8) is 0 Å². The zero-order valence-corrected chi connectivity index (χ0v) is 13.4. The number of nitrogens with zero attached hydrogens (tertiary/aromatic N) is 3. The smallest absolute Gasteiger partial charge is 0.172 e. The van der Waals surface area contributed by atoms with Crippen molar-refractivity contribution >= 4 is 11.6 Å². The summed E-state index contributed by atoms with van der Waals surface area (Å²) in [6.45, 7) is 11.1. The molecule has 4 nitrogen and oxygen atoms in total. The van der Waals surface area contributed by atoms with Crippen molar-refractivity contribution in [2.45, 2.75) is 46.7 Å². The van der Waals surface area contributed by atoms with Crippen LogP contribution in [0.5, 0.6) is 0 Å². The number of halogens is 1. The average molecular weight is 293 g/mol. The van der Waals surface area contributed by atoms with E-state index in [0.29, 0.717) is 10.8 Å². The van der Waals surface area contributed by atoms with E-state index in [2.05, 4.69) is 36.2 Å². The first-order valence-electron chi connectivity index (χ1n) is 6.69. The molecule has 2 aromatic heterocycles. The van der Waals surface area contributed by atoms with E-state index < -0.39 is 0 Å². The minimum Gasteiger partial charge on any atom is -0.308 e. The second-order valence-electron chi connectivity index (χ2n) is 6.09. The Hall–Kier alpha value is -1.39. The maximum atomic E-state index is 6.34. The molecule has 0 unspecified atom stereocenters. The van der Waals surface area contributed by atoms with Crippen LogP contribution in [0, 0.1) is 13.8 Å². The molecule has 0 saturated carbocycles. The van der Waals surface area contributed by atoms with Crippen LogP contribution >= 0.6 is 11.6 Å². The Morgan fingerprint density at radius 3 is 2.45 bits per heavy atom. The maximum Gasteiger partial charge on any atom is 0.172 e. The predicted octanol–water partition coefficient (Wildman–Crippen LogP) is 3.43. The van der Waals surface area contributed by atoms with Gasteiger partial charge in [0.15, 0.2) is 5.82 Å². The van der Waals surface area contributed by atoms with Crippen molar-refractivity contribution < 1.29 is 0 Å². The number of hydrogen-bond donors (Lipinski definition) is 1. The maximum absolute atomic E-state index is 6.34. The van der Waals surface area contributed by atoms with Crippen LogP contribution in [0.15, 0.2) is 18.3 Å². The van der Waals surface area contributed by atoms with Crippen LogP contribution in [0.4, 0.5) is 0 Å². The molecule has 0 radical (unpaired) electrons. The molecule has 2 rings (SSSR count). The monoisotopic (exact) mass is 292 g/mol. The van der Waals surface area contributed by atoms with E-state index in [-0.39, 0.29) is 5.54 Å². The summed E-state index contributed by atoms with van der Waals surface area (Å²) in [7, 11) is 0. The van der Waals surface area contributed by atoms with Gasteiger partial charge in [0.25, 0.3) is 0 Å². The fraction of sp³-hybridized carbons (Fsp3) is 0.467. The number of hydrogen-bond acceptors (Lipinski definition) is 3. The third-order valence-corrected chi connectivity index (χ3v) is 3.19. The van der Waals surface area contributed by atoms with Crippen molar-refractivity contribution in [1.82, 2.24) is 20.1 Å². The molecule has 0 aromatic carbocycles. The Morgan fingerprint density at radius 2 is 1.95 bits per heavy atom. The lowest BCUT2D eigenvalue weighted by atomic mass is 10.1. The molecule has 108 valence electrons. The number of nitrogens with one attached hydrogen (secondary N) is 1. The zero-order valence-electron chi connectivity index (χ0n) is 12.7. The van der Waals surface area contributed by atoms with Crippen LogP contribution in [0.1, 0.15) is 37.7 Å². The molecule has 2 heterocycles. The van der Waals surface area contributed by atoms with Crippen LogP contribution in [0.2, 0.25) is 5.02 Å². The molecule has 0 saturated heterocycles. The number of aromatic nitrogens is 3. The summed E-state index contributed by atoms with van der Waals surface area (Å²) in [5.74, 6) is 0.678. The summed E-state index contributed by atoms with van der Waals surface area (Å²) in [5, 5.41) is 8.44. The molecular formula is C15H21ClN4. The normalized spacial score (nSPS) is 11.9. The molecule has 0 aliphatic carbocycles. The van der Waals surface area contributed by atoms with Gasteiger partial charge in [0.2, 0.25) is 0 Å².